The Morgan fingerprint density at radius 2 is 1.96 bits per heavy atom. The van der Waals surface area contributed by atoms with Gasteiger partial charge in [0.15, 0.2) is 12.4 Å². The molecular weight excluding hydrogens is 296 g/mol. The zero-order chi connectivity index (χ0) is 15.7. The van der Waals surface area contributed by atoms with Gasteiger partial charge in [0.05, 0.1) is 11.7 Å². The molecule has 2 aromatic heterocycles. The van der Waals surface area contributed by atoms with Crippen molar-refractivity contribution in [2.45, 2.75) is 24.9 Å². The Balaban J connectivity index is 1.43. The summed E-state index contributed by atoms with van der Waals surface area (Å²) in [6.45, 7) is -0.0406. The predicted octanol–water partition coefficient (Wildman–Crippen LogP) is 3.10. The molecule has 1 aromatic carbocycles. The van der Waals surface area contributed by atoms with Crippen molar-refractivity contribution in [1.29, 1.82) is 0 Å². The van der Waals surface area contributed by atoms with Crippen LogP contribution < -0.4 is 0 Å². The molecule has 0 saturated heterocycles. The van der Waals surface area contributed by atoms with Crippen LogP contribution in [0.3, 0.4) is 0 Å². The van der Waals surface area contributed by atoms with Gasteiger partial charge in [-0.15, -0.1) is 10.2 Å². The highest BCUT2D eigenvalue weighted by atomic mass is 16.5. The molecule has 23 heavy (non-hydrogen) atoms. The lowest BCUT2D eigenvalue weighted by Crippen LogP contribution is -2.23. The lowest BCUT2D eigenvalue weighted by Gasteiger charge is -2.13. The molecule has 0 aliphatic heterocycles. The van der Waals surface area contributed by atoms with Crippen molar-refractivity contribution in [2.75, 3.05) is 0 Å². The molecule has 6 heteroatoms. The van der Waals surface area contributed by atoms with E-state index in [2.05, 4.69) is 10.2 Å². The lowest BCUT2D eigenvalue weighted by atomic mass is 9.96. The zero-order valence-electron chi connectivity index (χ0n) is 12.3. The van der Waals surface area contributed by atoms with E-state index in [0.717, 1.165) is 18.4 Å². The van der Waals surface area contributed by atoms with Crippen LogP contribution in [0, 0.1) is 0 Å². The van der Waals surface area contributed by atoms with E-state index in [-0.39, 0.29) is 24.4 Å². The molecule has 0 bridgehead atoms. The number of rotatable bonds is 5. The van der Waals surface area contributed by atoms with E-state index in [1.165, 1.54) is 6.26 Å². The van der Waals surface area contributed by atoms with Crippen LogP contribution in [-0.4, -0.2) is 16.2 Å². The minimum absolute atomic E-state index is 0.0406. The van der Waals surface area contributed by atoms with Crippen LogP contribution in [0.4, 0.5) is 0 Å². The average Bonchev–Trinajstić information content (AvgIpc) is 3.00. The van der Waals surface area contributed by atoms with E-state index in [9.17, 15) is 4.79 Å². The molecule has 1 aliphatic carbocycles. The SMILES string of the molecule is O=C(OCc1nnc(-c2ccco2)o1)C1(c2ccccc2)CC1. The molecular formula is C17H14N2O4. The highest BCUT2D eigenvalue weighted by Crippen LogP contribution is 2.49. The maximum absolute atomic E-state index is 12.4. The van der Waals surface area contributed by atoms with E-state index >= 15 is 0 Å². The van der Waals surface area contributed by atoms with Crippen LogP contribution in [0.15, 0.2) is 57.6 Å². The molecule has 0 amide bonds. The number of carbonyl (C=O) groups is 1. The number of aromatic nitrogens is 2. The van der Waals surface area contributed by atoms with E-state index in [1.54, 1.807) is 12.1 Å². The van der Waals surface area contributed by atoms with Crippen molar-refractivity contribution >= 4 is 5.97 Å². The molecule has 0 unspecified atom stereocenters. The normalized spacial score (nSPS) is 15.3. The van der Waals surface area contributed by atoms with Crippen LogP contribution in [0.5, 0.6) is 0 Å². The Morgan fingerprint density at radius 1 is 1.13 bits per heavy atom. The molecule has 0 spiro atoms. The fourth-order valence-corrected chi connectivity index (χ4v) is 2.57. The molecule has 0 atom stereocenters. The fraction of sp³-hybridized carbons (Fsp3) is 0.235. The van der Waals surface area contributed by atoms with Gasteiger partial charge in [-0.1, -0.05) is 30.3 Å². The van der Waals surface area contributed by atoms with Gasteiger partial charge in [-0.3, -0.25) is 4.79 Å². The van der Waals surface area contributed by atoms with Crippen molar-refractivity contribution < 1.29 is 18.4 Å². The second-order valence-electron chi connectivity index (χ2n) is 5.50. The minimum Gasteiger partial charge on any atom is -0.459 e. The number of esters is 1. The Labute approximate surface area is 132 Å². The third-order valence-corrected chi connectivity index (χ3v) is 3.99. The maximum atomic E-state index is 12.4. The first-order chi connectivity index (χ1) is 11.3. The van der Waals surface area contributed by atoms with Crippen molar-refractivity contribution in [3.05, 3.63) is 60.2 Å². The quantitative estimate of drug-likeness (QED) is 0.674. The third-order valence-electron chi connectivity index (χ3n) is 3.99. The standard InChI is InChI=1S/C17H14N2O4/c20-16(17(8-9-17)12-5-2-1-3-6-12)22-11-14-18-19-15(23-14)13-7-4-10-21-13/h1-7,10H,8-9,11H2. The summed E-state index contributed by atoms with van der Waals surface area (Å²) in [6, 6.07) is 13.1. The lowest BCUT2D eigenvalue weighted by molar-refractivity contribution is -0.148. The smallest absolute Gasteiger partial charge is 0.317 e. The molecule has 1 fully saturated rings. The molecule has 1 saturated carbocycles. The first-order valence-corrected chi connectivity index (χ1v) is 7.37. The first kappa shape index (κ1) is 13.8. The molecule has 6 nitrogen and oxygen atoms in total. The van der Waals surface area contributed by atoms with Gasteiger partial charge >= 0.3 is 5.97 Å². The highest BCUT2D eigenvalue weighted by molar-refractivity contribution is 5.86. The summed E-state index contributed by atoms with van der Waals surface area (Å²) in [5, 5.41) is 7.74. The molecule has 3 aromatic rings. The molecule has 2 heterocycles. The summed E-state index contributed by atoms with van der Waals surface area (Å²) >= 11 is 0. The largest absolute Gasteiger partial charge is 0.459 e. The van der Waals surface area contributed by atoms with Crippen molar-refractivity contribution in [1.82, 2.24) is 10.2 Å². The topological polar surface area (TPSA) is 78.4 Å². The average molecular weight is 310 g/mol. The molecule has 0 N–H and O–H groups in total. The molecule has 1 aliphatic rings. The van der Waals surface area contributed by atoms with Gasteiger partial charge < -0.3 is 13.6 Å². The number of furan rings is 1. The second-order valence-corrected chi connectivity index (χ2v) is 5.50. The fourth-order valence-electron chi connectivity index (χ4n) is 2.57. The Kier molecular flexibility index (Phi) is 3.22. The van der Waals surface area contributed by atoms with E-state index in [4.69, 9.17) is 13.6 Å². The molecule has 116 valence electrons. The summed E-state index contributed by atoms with van der Waals surface area (Å²) in [7, 11) is 0. The predicted molar refractivity (Wildman–Crippen MR) is 79.2 cm³/mol. The summed E-state index contributed by atoms with van der Waals surface area (Å²) in [5.41, 5.74) is 0.484. The van der Waals surface area contributed by atoms with Gasteiger partial charge in [-0.05, 0) is 30.5 Å². The number of carbonyl (C=O) groups excluding carboxylic acids is 1. The summed E-state index contributed by atoms with van der Waals surface area (Å²) < 4.78 is 16.0. The summed E-state index contributed by atoms with van der Waals surface area (Å²) in [6.07, 6.45) is 3.13. The van der Waals surface area contributed by atoms with Gasteiger partial charge in [0, 0.05) is 0 Å². The Morgan fingerprint density at radius 3 is 2.65 bits per heavy atom. The maximum Gasteiger partial charge on any atom is 0.317 e. The van der Waals surface area contributed by atoms with Crippen molar-refractivity contribution in [3.8, 4) is 11.7 Å². The second kappa shape index (κ2) is 5.39. The summed E-state index contributed by atoms with van der Waals surface area (Å²) in [4.78, 5) is 12.4. The Hall–Kier alpha value is -2.89. The van der Waals surface area contributed by atoms with Crippen LogP contribution in [0.1, 0.15) is 24.3 Å². The number of hydrogen-bond donors (Lipinski definition) is 0. The zero-order valence-corrected chi connectivity index (χ0v) is 12.3. The highest BCUT2D eigenvalue weighted by Gasteiger charge is 2.52. The van der Waals surface area contributed by atoms with Gasteiger partial charge in [0.1, 0.15) is 0 Å². The van der Waals surface area contributed by atoms with E-state index in [1.807, 2.05) is 30.3 Å². The van der Waals surface area contributed by atoms with Crippen LogP contribution in [0.25, 0.3) is 11.7 Å². The minimum atomic E-state index is -0.509. The van der Waals surface area contributed by atoms with Gasteiger partial charge in [0.25, 0.3) is 11.8 Å². The van der Waals surface area contributed by atoms with Crippen LogP contribution in [-0.2, 0) is 21.6 Å². The molecule has 4 rings (SSSR count). The van der Waals surface area contributed by atoms with Gasteiger partial charge in [-0.2, -0.15) is 0 Å². The number of benzene rings is 1. The van der Waals surface area contributed by atoms with Gasteiger partial charge in [0.2, 0.25) is 0 Å². The third kappa shape index (κ3) is 2.52. The number of ether oxygens (including phenoxy) is 1. The first-order valence-electron chi connectivity index (χ1n) is 7.37. The van der Waals surface area contributed by atoms with E-state index < -0.39 is 5.41 Å². The monoisotopic (exact) mass is 310 g/mol. The summed E-state index contributed by atoms with van der Waals surface area (Å²) in [5.74, 6) is 0.748. The number of nitrogens with zero attached hydrogens (tertiary/aromatic N) is 2. The van der Waals surface area contributed by atoms with Crippen molar-refractivity contribution in [2.24, 2.45) is 0 Å². The number of hydrogen-bond acceptors (Lipinski definition) is 6. The van der Waals surface area contributed by atoms with E-state index in [0.29, 0.717) is 5.76 Å². The van der Waals surface area contributed by atoms with Crippen LogP contribution in [0.2, 0.25) is 0 Å². The van der Waals surface area contributed by atoms with Crippen LogP contribution >= 0.6 is 0 Å². The Bertz CT molecular complexity index is 804. The molecule has 0 radical (unpaired) electrons. The van der Waals surface area contributed by atoms with Gasteiger partial charge in [-0.25, -0.2) is 0 Å². The van der Waals surface area contributed by atoms with Crippen molar-refractivity contribution in [3.63, 3.8) is 0 Å².